The third-order valence-corrected chi connectivity index (χ3v) is 6.08. The number of likely N-dealkylation sites (tertiary alicyclic amines) is 1. The van der Waals surface area contributed by atoms with Gasteiger partial charge in [0.05, 0.1) is 12.5 Å². The summed E-state index contributed by atoms with van der Waals surface area (Å²) in [6.07, 6.45) is 3.51. The van der Waals surface area contributed by atoms with Gasteiger partial charge in [-0.15, -0.1) is 0 Å². The largest absolute Gasteiger partial charge is 0.444 e. The number of oxazole rings is 1. The summed E-state index contributed by atoms with van der Waals surface area (Å²) in [4.78, 5) is 30.8. The predicted octanol–water partition coefficient (Wildman–Crippen LogP) is 3.25. The van der Waals surface area contributed by atoms with Crippen LogP contribution in [0.4, 0.5) is 0 Å². The number of aliphatic hydroxyl groups is 1. The van der Waals surface area contributed by atoms with E-state index in [-0.39, 0.29) is 23.6 Å². The minimum absolute atomic E-state index is 0.0145. The van der Waals surface area contributed by atoms with Crippen molar-refractivity contribution in [3.8, 4) is 11.5 Å². The van der Waals surface area contributed by atoms with Crippen LogP contribution in [0.1, 0.15) is 40.9 Å². The Bertz CT molecular complexity index is 1010. The number of hydrogen-bond donors (Lipinski definition) is 2. The normalized spacial score (nSPS) is 16.7. The molecule has 1 fully saturated rings. The second kappa shape index (κ2) is 9.89. The fourth-order valence-electron chi connectivity index (χ4n) is 3.56. The summed E-state index contributed by atoms with van der Waals surface area (Å²) in [5.41, 5.74) is 3.02. The number of thiophene rings is 1. The van der Waals surface area contributed by atoms with E-state index in [0.717, 1.165) is 23.1 Å². The van der Waals surface area contributed by atoms with Crippen LogP contribution < -0.4 is 5.32 Å². The minimum Gasteiger partial charge on any atom is -0.444 e. The van der Waals surface area contributed by atoms with E-state index in [4.69, 9.17) is 4.42 Å². The molecule has 1 aliphatic rings. The Hall–Kier alpha value is -2.97. The molecule has 4 rings (SSSR count). The van der Waals surface area contributed by atoms with E-state index in [9.17, 15) is 14.7 Å². The molecule has 31 heavy (non-hydrogen) atoms. The van der Waals surface area contributed by atoms with Crippen molar-refractivity contribution in [3.05, 3.63) is 64.2 Å². The molecule has 2 aromatic heterocycles. The third kappa shape index (κ3) is 5.59. The fourth-order valence-corrected chi connectivity index (χ4v) is 4.22. The number of benzene rings is 1. The summed E-state index contributed by atoms with van der Waals surface area (Å²) in [6.45, 7) is 1.58. The molecular weight excluding hydrogens is 414 g/mol. The van der Waals surface area contributed by atoms with Crippen LogP contribution >= 0.6 is 11.3 Å². The monoisotopic (exact) mass is 439 g/mol. The van der Waals surface area contributed by atoms with Crippen molar-refractivity contribution in [2.24, 2.45) is 0 Å². The Labute approximate surface area is 184 Å². The quantitative estimate of drug-likeness (QED) is 0.615. The van der Waals surface area contributed by atoms with Crippen LogP contribution in [0.5, 0.6) is 0 Å². The Kier molecular flexibility index (Phi) is 6.79. The van der Waals surface area contributed by atoms with Gasteiger partial charge in [0.2, 0.25) is 11.8 Å². The zero-order valence-corrected chi connectivity index (χ0v) is 17.9. The molecule has 0 spiro atoms. The number of hydrogen-bond acceptors (Lipinski definition) is 6. The van der Waals surface area contributed by atoms with Gasteiger partial charge in [-0.2, -0.15) is 11.3 Å². The van der Waals surface area contributed by atoms with Crippen LogP contribution in [0.25, 0.3) is 11.5 Å². The zero-order valence-electron chi connectivity index (χ0n) is 17.1. The van der Waals surface area contributed by atoms with Crippen LogP contribution in [0.2, 0.25) is 0 Å². The first-order valence-electron chi connectivity index (χ1n) is 10.4. The van der Waals surface area contributed by atoms with Gasteiger partial charge < -0.3 is 19.7 Å². The number of amides is 2. The average Bonchev–Trinajstić information content (AvgIpc) is 3.42. The molecule has 0 bridgehead atoms. The lowest BCUT2D eigenvalue weighted by Crippen LogP contribution is -2.32. The zero-order chi connectivity index (χ0) is 21.6. The minimum atomic E-state index is -0.343. The molecule has 3 aromatic rings. The lowest BCUT2D eigenvalue weighted by Gasteiger charge is -2.18. The molecule has 8 heteroatoms. The Morgan fingerprint density at radius 1 is 1.16 bits per heavy atom. The van der Waals surface area contributed by atoms with Gasteiger partial charge in [-0.05, 0) is 59.3 Å². The van der Waals surface area contributed by atoms with Crippen molar-refractivity contribution < 1.29 is 19.1 Å². The molecule has 0 aliphatic carbocycles. The molecule has 2 amide bonds. The summed E-state index contributed by atoms with van der Waals surface area (Å²) >= 11 is 1.58. The number of nitrogens with zero attached hydrogens (tertiary/aromatic N) is 2. The highest BCUT2D eigenvalue weighted by molar-refractivity contribution is 7.08. The van der Waals surface area contributed by atoms with Crippen molar-refractivity contribution in [1.29, 1.82) is 0 Å². The molecule has 0 saturated carbocycles. The highest BCUT2D eigenvalue weighted by Gasteiger charge is 2.23. The lowest BCUT2D eigenvalue weighted by atomic mass is 10.1. The molecule has 3 heterocycles. The van der Waals surface area contributed by atoms with Gasteiger partial charge in [-0.1, -0.05) is 12.1 Å². The maximum atomic E-state index is 12.7. The number of rotatable bonds is 6. The second-order valence-corrected chi connectivity index (χ2v) is 8.48. The molecule has 162 valence electrons. The standard InChI is InChI=1S/C23H25N3O4S/c27-19-2-1-9-26(10-7-19)23(29)20-14-30-22(25-20)18-5-3-16(4-6-18)13-24-21(28)12-17-8-11-31-15-17/h3-6,8,11,14-15,19,27H,1-2,7,9-10,12-13H2,(H,24,28). The van der Waals surface area contributed by atoms with Crippen LogP contribution in [0.15, 0.2) is 51.8 Å². The highest BCUT2D eigenvalue weighted by Crippen LogP contribution is 2.21. The Balaban J connectivity index is 1.33. The van der Waals surface area contributed by atoms with E-state index in [1.54, 1.807) is 16.2 Å². The lowest BCUT2D eigenvalue weighted by molar-refractivity contribution is -0.120. The molecule has 1 aromatic carbocycles. The predicted molar refractivity (Wildman–Crippen MR) is 118 cm³/mol. The van der Waals surface area contributed by atoms with Crippen molar-refractivity contribution in [1.82, 2.24) is 15.2 Å². The second-order valence-electron chi connectivity index (χ2n) is 7.70. The Morgan fingerprint density at radius 3 is 2.77 bits per heavy atom. The molecular formula is C23H25N3O4S. The van der Waals surface area contributed by atoms with E-state index in [1.807, 2.05) is 41.1 Å². The number of aliphatic hydroxyl groups excluding tert-OH is 1. The van der Waals surface area contributed by atoms with E-state index in [1.165, 1.54) is 6.26 Å². The average molecular weight is 440 g/mol. The van der Waals surface area contributed by atoms with E-state index in [0.29, 0.717) is 44.8 Å². The first-order chi connectivity index (χ1) is 15.1. The third-order valence-electron chi connectivity index (χ3n) is 5.34. The van der Waals surface area contributed by atoms with Crippen LogP contribution in [0.3, 0.4) is 0 Å². The fraction of sp³-hybridized carbons (Fsp3) is 0.348. The van der Waals surface area contributed by atoms with E-state index in [2.05, 4.69) is 10.3 Å². The number of aromatic nitrogens is 1. The van der Waals surface area contributed by atoms with Crippen LogP contribution in [-0.2, 0) is 17.8 Å². The molecule has 7 nitrogen and oxygen atoms in total. The van der Waals surface area contributed by atoms with Crippen molar-refractivity contribution in [2.75, 3.05) is 13.1 Å². The van der Waals surface area contributed by atoms with Gasteiger partial charge in [0, 0.05) is 25.2 Å². The van der Waals surface area contributed by atoms with Gasteiger partial charge in [0.15, 0.2) is 5.69 Å². The van der Waals surface area contributed by atoms with Crippen molar-refractivity contribution >= 4 is 23.2 Å². The number of carbonyl (C=O) groups is 2. The van der Waals surface area contributed by atoms with Gasteiger partial charge in [-0.25, -0.2) is 4.98 Å². The molecule has 1 unspecified atom stereocenters. The molecule has 1 aliphatic heterocycles. The smallest absolute Gasteiger partial charge is 0.275 e. The molecule has 1 saturated heterocycles. The maximum Gasteiger partial charge on any atom is 0.275 e. The summed E-state index contributed by atoms with van der Waals surface area (Å²) in [7, 11) is 0. The summed E-state index contributed by atoms with van der Waals surface area (Å²) in [5.74, 6) is 0.194. The van der Waals surface area contributed by atoms with Gasteiger partial charge in [0.25, 0.3) is 5.91 Å². The number of nitrogens with one attached hydrogen (secondary N) is 1. The van der Waals surface area contributed by atoms with Gasteiger partial charge >= 0.3 is 0 Å². The first kappa shape index (κ1) is 21.3. The highest BCUT2D eigenvalue weighted by atomic mass is 32.1. The van der Waals surface area contributed by atoms with Gasteiger partial charge in [0.1, 0.15) is 6.26 Å². The summed E-state index contributed by atoms with van der Waals surface area (Å²) in [5, 5.41) is 16.6. The van der Waals surface area contributed by atoms with Crippen LogP contribution in [-0.4, -0.2) is 46.0 Å². The van der Waals surface area contributed by atoms with Crippen LogP contribution in [0, 0.1) is 0 Å². The van der Waals surface area contributed by atoms with Crippen molar-refractivity contribution in [3.63, 3.8) is 0 Å². The SMILES string of the molecule is O=C(Cc1ccsc1)NCc1ccc(-c2nc(C(=O)N3CCCC(O)CC3)co2)cc1. The summed E-state index contributed by atoms with van der Waals surface area (Å²) in [6, 6.07) is 9.49. The van der Waals surface area contributed by atoms with E-state index >= 15 is 0 Å². The molecule has 2 N–H and O–H groups in total. The summed E-state index contributed by atoms with van der Waals surface area (Å²) < 4.78 is 5.54. The molecule has 1 atom stereocenters. The van der Waals surface area contributed by atoms with Gasteiger partial charge in [-0.3, -0.25) is 9.59 Å². The van der Waals surface area contributed by atoms with Crippen molar-refractivity contribution in [2.45, 2.75) is 38.3 Å². The molecule has 0 radical (unpaired) electrons. The topological polar surface area (TPSA) is 95.7 Å². The Morgan fingerprint density at radius 2 is 2.00 bits per heavy atom. The first-order valence-corrected chi connectivity index (χ1v) is 11.3. The van der Waals surface area contributed by atoms with E-state index < -0.39 is 0 Å². The maximum absolute atomic E-state index is 12.7. The number of carbonyl (C=O) groups excluding carboxylic acids is 2.